The topological polar surface area (TPSA) is 95.4 Å². The number of nitrogens with zero attached hydrogens (tertiary/aromatic N) is 2. The van der Waals surface area contributed by atoms with Crippen molar-refractivity contribution < 1.29 is 27.9 Å². The van der Waals surface area contributed by atoms with Crippen LogP contribution in [-0.4, -0.2) is 50.7 Å². The molecule has 1 fully saturated rings. The van der Waals surface area contributed by atoms with Crippen LogP contribution in [-0.2, 0) is 11.3 Å². The maximum atomic E-state index is 12.6. The van der Waals surface area contributed by atoms with E-state index >= 15 is 0 Å². The van der Waals surface area contributed by atoms with Crippen molar-refractivity contribution in [1.82, 2.24) is 14.5 Å². The predicted molar refractivity (Wildman–Crippen MR) is 84.9 cm³/mol. The molecular weight excluding hydrogens is 355 g/mol. The van der Waals surface area contributed by atoms with Crippen LogP contribution in [0.5, 0.6) is 0 Å². The van der Waals surface area contributed by atoms with E-state index in [2.05, 4.69) is 4.98 Å². The Hall–Kier alpha value is -2.78. The van der Waals surface area contributed by atoms with Crippen molar-refractivity contribution in [3.63, 3.8) is 0 Å². The second-order valence-electron chi connectivity index (χ2n) is 6.29. The van der Waals surface area contributed by atoms with Crippen LogP contribution < -0.4 is 5.69 Å². The number of alkyl halides is 3. The Bertz CT molecular complexity index is 916. The third kappa shape index (κ3) is 3.58. The van der Waals surface area contributed by atoms with Gasteiger partial charge in [-0.1, -0.05) is 0 Å². The Morgan fingerprint density at radius 3 is 2.69 bits per heavy atom. The predicted octanol–water partition coefficient (Wildman–Crippen LogP) is 1.83. The number of benzene rings is 1. The van der Waals surface area contributed by atoms with Crippen molar-refractivity contribution in [2.75, 3.05) is 13.1 Å². The molecule has 0 spiro atoms. The van der Waals surface area contributed by atoms with Crippen LogP contribution in [0.15, 0.2) is 23.0 Å². The van der Waals surface area contributed by atoms with E-state index in [-0.39, 0.29) is 23.1 Å². The summed E-state index contributed by atoms with van der Waals surface area (Å²) in [6, 6.07) is 3.94. The monoisotopic (exact) mass is 371 g/mol. The van der Waals surface area contributed by atoms with Crippen molar-refractivity contribution >= 4 is 22.9 Å². The van der Waals surface area contributed by atoms with Gasteiger partial charge >= 0.3 is 17.8 Å². The number of hydrogen-bond acceptors (Lipinski definition) is 3. The van der Waals surface area contributed by atoms with E-state index in [0.29, 0.717) is 24.0 Å². The number of hydrogen-bond donors (Lipinski definition) is 2. The number of aliphatic carboxylic acids is 1. The molecule has 1 aromatic carbocycles. The SMILES string of the molecule is O=C(O)C1CCCN(C(=O)c2ccc3c(c2)[nH]c(=O)n3CC(F)(F)F)C1. The molecule has 1 aromatic heterocycles. The maximum absolute atomic E-state index is 12.6. The van der Waals surface area contributed by atoms with Gasteiger partial charge in [-0.3, -0.25) is 14.2 Å². The number of H-pyrrole nitrogens is 1. The quantitative estimate of drug-likeness (QED) is 0.861. The van der Waals surface area contributed by atoms with Crippen molar-refractivity contribution in [1.29, 1.82) is 0 Å². The highest BCUT2D eigenvalue weighted by molar-refractivity contribution is 5.97. The Morgan fingerprint density at radius 2 is 2.04 bits per heavy atom. The molecule has 2 aromatic rings. The zero-order valence-corrected chi connectivity index (χ0v) is 13.5. The summed E-state index contributed by atoms with van der Waals surface area (Å²) >= 11 is 0. The molecule has 10 heteroatoms. The summed E-state index contributed by atoms with van der Waals surface area (Å²) in [6.45, 7) is -0.935. The van der Waals surface area contributed by atoms with Gasteiger partial charge in [0.2, 0.25) is 0 Å². The fourth-order valence-electron chi connectivity index (χ4n) is 3.18. The van der Waals surface area contributed by atoms with Gasteiger partial charge in [0.05, 0.1) is 17.0 Å². The summed E-state index contributed by atoms with van der Waals surface area (Å²) in [5, 5.41) is 9.10. The molecule has 0 saturated carbocycles. The standard InChI is InChI=1S/C16H16F3N3O4/c17-16(18,19)8-22-12-4-3-9(6-11(12)20-15(22)26)13(23)21-5-1-2-10(7-21)14(24)25/h3-4,6,10H,1-2,5,7-8H2,(H,20,26)(H,24,25). The van der Waals surface area contributed by atoms with Gasteiger partial charge in [0.15, 0.2) is 0 Å². The Labute approximate surface area is 145 Å². The first-order chi connectivity index (χ1) is 12.2. The maximum Gasteiger partial charge on any atom is 0.406 e. The van der Waals surface area contributed by atoms with Crippen molar-refractivity contribution in [3.8, 4) is 0 Å². The summed E-state index contributed by atoms with van der Waals surface area (Å²) in [5.41, 5.74) is -0.558. The molecule has 1 saturated heterocycles. The number of nitrogens with one attached hydrogen (secondary N) is 1. The minimum absolute atomic E-state index is 0.0472. The fraction of sp³-hybridized carbons (Fsp3) is 0.438. The summed E-state index contributed by atoms with van der Waals surface area (Å²) in [7, 11) is 0. The van der Waals surface area contributed by atoms with E-state index in [9.17, 15) is 27.6 Å². The lowest BCUT2D eigenvalue weighted by molar-refractivity contribution is -0.143. The number of aromatic nitrogens is 2. The van der Waals surface area contributed by atoms with Crippen LogP contribution in [0, 0.1) is 5.92 Å². The second-order valence-corrected chi connectivity index (χ2v) is 6.29. The lowest BCUT2D eigenvalue weighted by Crippen LogP contribution is -2.42. The lowest BCUT2D eigenvalue weighted by Gasteiger charge is -2.30. The van der Waals surface area contributed by atoms with E-state index in [4.69, 9.17) is 5.11 Å². The van der Waals surface area contributed by atoms with E-state index < -0.39 is 36.2 Å². The number of imidazole rings is 1. The number of carbonyl (C=O) groups excluding carboxylic acids is 1. The molecule has 3 rings (SSSR count). The molecule has 26 heavy (non-hydrogen) atoms. The molecule has 2 heterocycles. The second kappa shape index (κ2) is 6.50. The van der Waals surface area contributed by atoms with Crippen LogP contribution in [0.3, 0.4) is 0 Å². The van der Waals surface area contributed by atoms with Gasteiger partial charge in [-0.05, 0) is 31.0 Å². The molecule has 1 unspecified atom stereocenters. The Morgan fingerprint density at radius 1 is 1.31 bits per heavy atom. The number of rotatable bonds is 3. The number of carboxylic acids is 1. The van der Waals surface area contributed by atoms with E-state index in [0.717, 1.165) is 0 Å². The van der Waals surface area contributed by atoms with Gasteiger partial charge in [-0.25, -0.2) is 4.79 Å². The normalized spacial score (nSPS) is 18.3. The summed E-state index contributed by atoms with van der Waals surface area (Å²) in [4.78, 5) is 39.2. The van der Waals surface area contributed by atoms with Crippen LogP contribution >= 0.6 is 0 Å². The van der Waals surface area contributed by atoms with Gasteiger partial charge in [-0.2, -0.15) is 13.2 Å². The zero-order valence-electron chi connectivity index (χ0n) is 13.5. The summed E-state index contributed by atoms with van der Waals surface area (Å²) in [6.07, 6.45) is -3.50. The number of piperidine rings is 1. The largest absolute Gasteiger partial charge is 0.481 e. The smallest absolute Gasteiger partial charge is 0.406 e. The number of likely N-dealkylation sites (tertiary alicyclic amines) is 1. The molecule has 7 nitrogen and oxygen atoms in total. The molecule has 1 atom stereocenters. The minimum Gasteiger partial charge on any atom is -0.481 e. The summed E-state index contributed by atoms with van der Waals surface area (Å²) in [5.74, 6) is -2.02. The van der Waals surface area contributed by atoms with Crippen molar-refractivity contribution in [2.24, 2.45) is 5.92 Å². The lowest BCUT2D eigenvalue weighted by atomic mass is 9.97. The molecule has 0 bridgehead atoms. The number of carboxylic acid groups (broad SMARTS) is 1. The van der Waals surface area contributed by atoms with Gasteiger partial charge in [-0.15, -0.1) is 0 Å². The van der Waals surface area contributed by atoms with Crippen LogP contribution in [0.4, 0.5) is 13.2 Å². The molecule has 1 aliphatic heterocycles. The highest BCUT2D eigenvalue weighted by Crippen LogP contribution is 2.22. The number of amides is 1. The van der Waals surface area contributed by atoms with E-state index in [1.165, 1.54) is 23.1 Å². The third-order valence-electron chi connectivity index (χ3n) is 4.42. The Balaban J connectivity index is 1.88. The highest BCUT2D eigenvalue weighted by Gasteiger charge is 2.31. The van der Waals surface area contributed by atoms with Gasteiger partial charge in [0.25, 0.3) is 5.91 Å². The summed E-state index contributed by atoms with van der Waals surface area (Å²) < 4.78 is 38.4. The van der Waals surface area contributed by atoms with Gasteiger partial charge < -0.3 is 15.0 Å². The van der Waals surface area contributed by atoms with E-state index in [1.54, 1.807) is 0 Å². The molecule has 2 N–H and O–H groups in total. The van der Waals surface area contributed by atoms with Crippen LogP contribution in [0.2, 0.25) is 0 Å². The minimum atomic E-state index is -4.55. The van der Waals surface area contributed by atoms with E-state index in [1.807, 2.05) is 0 Å². The van der Waals surface area contributed by atoms with Gasteiger partial charge in [0, 0.05) is 18.7 Å². The molecule has 1 aliphatic rings. The molecule has 1 amide bonds. The molecular formula is C16H16F3N3O4. The number of carbonyl (C=O) groups is 2. The first-order valence-corrected chi connectivity index (χ1v) is 7.97. The number of fused-ring (bicyclic) bond motifs is 1. The van der Waals surface area contributed by atoms with Crippen molar-refractivity contribution in [2.45, 2.75) is 25.6 Å². The number of halogens is 3. The molecule has 0 aliphatic carbocycles. The average Bonchev–Trinajstić information content (AvgIpc) is 2.87. The van der Waals surface area contributed by atoms with Crippen LogP contribution in [0.1, 0.15) is 23.2 Å². The first-order valence-electron chi connectivity index (χ1n) is 7.97. The number of aromatic amines is 1. The first kappa shape index (κ1) is 18.0. The average molecular weight is 371 g/mol. The molecule has 0 radical (unpaired) electrons. The fourth-order valence-corrected chi connectivity index (χ4v) is 3.18. The third-order valence-corrected chi connectivity index (χ3v) is 4.42. The highest BCUT2D eigenvalue weighted by atomic mass is 19.4. The molecule has 140 valence electrons. The van der Waals surface area contributed by atoms with Gasteiger partial charge in [0.1, 0.15) is 6.54 Å². The van der Waals surface area contributed by atoms with Crippen LogP contribution in [0.25, 0.3) is 11.0 Å². The Kier molecular flexibility index (Phi) is 4.51. The van der Waals surface area contributed by atoms with Crippen molar-refractivity contribution in [3.05, 3.63) is 34.2 Å². The zero-order chi connectivity index (χ0) is 19.1.